The zero-order chi connectivity index (χ0) is 17.9. The molecule has 2 aromatic rings. The number of ether oxygens (including phenoxy) is 1. The van der Waals surface area contributed by atoms with Crippen molar-refractivity contribution in [1.82, 2.24) is 14.4 Å². The Bertz CT molecular complexity index is 822. The summed E-state index contributed by atoms with van der Waals surface area (Å²) in [6.07, 6.45) is 2.70. The predicted octanol–water partition coefficient (Wildman–Crippen LogP) is 1.31. The van der Waals surface area contributed by atoms with Gasteiger partial charge in [-0.1, -0.05) is 12.1 Å². The van der Waals surface area contributed by atoms with Crippen LogP contribution in [0.5, 0.6) is 0 Å². The van der Waals surface area contributed by atoms with Crippen molar-refractivity contribution in [2.75, 3.05) is 39.4 Å². The molecule has 0 radical (unpaired) electrons. The first-order chi connectivity index (χ1) is 12.7. The molecule has 0 unspecified atom stereocenters. The van der Waals surface area contributed by atoms with E-state index in [4.69, 9.17) is 9.15 Å². The van der Waals surface area contributed by atoms with Crippen LogP contribution in [0.25, 0.3) is 11.1 Å². The molecule has 2 aliphatic heterocycles. The summed E-state index contributed by atoms with van der Waals surface area (Å²) in [5.41, 5.74) is 1.43. The summed E-state index contributed by atoms with van der Waals surface area (Å²) in [7, 11) is 0. The highest BCUT2D eigenvalue weighted by atomic mass is 16.5. The third-order valence-corrected chi connectivity index (χ3v) is 5.40. The smallest absolute Gasteiger partial charge is 0.408 e. The number of hydrogen-bond acceptors (Lipinski definition) is 5. The zero-order valence-electron chi connectivity index (χ0n) is 14.9. The summed E-state index contributed by atoms with van der Waals surface area (Å²) in [5.74, 6) is -0.113. The first-order valence-corrected chi connectivity index (χ1v) is 9.40. The molecule has 7 heteroatoms. The van der Waals surface area contributed by atoms with Crippen molar-refractivity contribution in [3.8, 4) is 0 Å². The zero-order valence-corrected chi connectivity index (χ0v) is 14.9. The van der Waals surface area contributed by atoms with E-state index in [0.29, 0.717) is 38.3 Å². The SMILES string of the molecule is O=C(C[C@H]1COCCN1CCn1c(=O)oc2ccccc21)N1CCCC1. The maximum absolute atomic E-state index is 12.5. The van der Waals surface area contributed by atoms with Gasteiger partial charge in [0.05, 0.1) is 18.7 Å². The van der Waals surface area contributed by atoms with E-state index in [1.807, 2.05) is 23.1 Å². The average molecular weight is 359 g/mol. The molecule has 0 aliphatic carbocycles. The Morgan fingerprint density at radius 2 is 1.92 bits per heavy atom. The molecule has 1 aromatic heterocycles. The number of oxazole rings is 1. The average Bonchev–Trinajstić information content (AvgIpc) is 3.29. The lowest BCUT2D eigenvalue weighted by Crippen LogP contribution is -2.49. The van der Waals surface area contributed by atoms with Gasteiger partial charge in [-0.3, -0.25) is 14.3 Å². The molecule has 0 bridgehead atoms. The fraction of sp³-hybridized carbons (Fsp3) is 0.579. The number of carbonyl (C=O) groups excluding carboxylic acids is 1. The van der Waals surface area contributed by atoms with Gasteiger partial charge >= 0.3 is 5.76 Å². The van der Waals surface area contributed by atoms with Gasteiger partial charge in [0.15, 0.2) is 5.58 Å². The second-order valence-electron chi connectivity index (χ2n) is 7.04. The standard InChI is InChI=1S/C19H25N3O4/c23-18(21-7-3-4-8-21)13-15-14-25-12-11-20(15)9-10-22-16-5-1-2-6-17(16)26-19(22)24/h1-2,5-6,15H,3-4,7-14H2/t15-/m0/s1. The van der Waals surface area contributed by atoms with Crippen LogP contribution in [0.15, 0.2) is 33.5 Å². The van der Waals surface area contributed by atoms with Gasteiger partial charge in [0.25, 0.3) is 0 Å². The minimum Gasteiger partial charge on any atom is -0.408 e. The maximum Gasteiger partial charge on any atom is 0.419 e. The summed E-state index contributed by atoms with van der Waals surface area (Å²) in [5, 5.41) is 0. The Balaban J connectivity index is 1.42. The number of fused-ring (bicyclic) bond motifs is 1. The lowest BCUT2D eigenvalue weighted by molar-refractivity contribution is -0.133. The third kappa shape index (κ3) is 3.54. The molecule has 4 rings (SSSR count). The predicted molar refractivity (Wildman–Crippen MR) is 97.1 cm³/mol. The molecule has 2 saturated heterocycles. The van der Waals surface area contributed by atoms with E-state index in [9.17, 15) is 9.59 Å². The van der Waals surface area contributed by atoms with Crippen molar-refractivity contribution in [2.24, 2.45) is 0 Å². The second kappa shape index (κ2) is 7.63. The molecule has 1 amide bonds. The lowest BCUT2D eigenvalue weighted by Gasteiger charge is -2.36. The number of rotatable bonds is 5. The topological polar surface area (TPSA) is 67.9 Å². The van der Waals surface area contributed by atoms with Gasteiger partial charge in [-0.05, 0) is 25.0 Å². The van der Waals surface area contributed by atoms with Crippen LogP contribution in [0.4, 0.5) is 0 Å². The molecule has 2 fully saturated rings. The van der Waals surface area contributed by atoms with Crippen molar-refractivity contribution >= 4 is 17.0 Å². The van der Waals surface area contributed by atoms with Crippen molar-refractivity contribution < 1.29 is 13.9 Å². The Kier molecular flexibility index (Phi) is 5.08. The van der Waals surface area contributed by atoms with Crippen molar-refractivity contribution in [2.45, 2.75) is 31.8 Å². The van der Waals surface area contributed by atoms with Crippen molar-refractivity contribution in [3.05, 3.63) is 34.8 Å². The van der Waals surface area contributed by atoms with Gasteiger partial charge < -0.3 is 14.1 Å². The molecule has 0 N–H and O–H groups in total. The van der Waals surface area contributed by atoms with Crippen LogP contribution in [0.2, 0.25) is 0 Å². The molecule has 140 valence electrons. The summed E-state index contributed by atoms with van der Waals surface area (Å²) >= 11 is 0. The number of carbonyl (C=O) groups is 1. The van der Waals surface area contributed by atoms with Crippen LogP contribution in [-0.2, 0) is 16.1 Å². The number of nitrogens with zero attached hydrogens (tertiary/aromatic N) is 3. The summed E-state index contributed by atoms with van der Waals surface area (Å²) in [6, 6.07) is 7.54. The fourth-order valence-electron chi connectivity index (χ4n) is 3.92. The van der Waals surface area contributed by atoms with E-state index in [1.54, 1.807) is 10.6 Å². The fourth-order valence-corrected chi connectivity index (χ4v) is 3.92. The minimum absolute atomic E-state index is 0.0747. The van der Waals surface area contributed by atoms with Crippen LogP contribution >= 0.6 is 0 Å². The molecular weight excluding hydrogens is 334 g/mol. The number of amides is 1. The van der Waals surface area contributed by atoms with Gasteiger partial charge in [0, 0.05) is 45.2 Å². The van der Waals surface area contributed by atoms with Gasteiger partial charge in [-0.15, -0.1) is 0 Å². The third-order valence-electron chi connectivity index (χ3n) is 5.40. The van der Waals surface area contributed by atoms with Gasteiger partial charge in [0.1, 0.15) is 0 Å². The Morgan fingerprint density at radius 3 is 2.77 bits per heavy atom. The quantitative estimate of drug-likeness (QED) is 0.805. The van der Waals surface area contributed by atoms with E-state index in [1.165, 1.54) is 0 Å². The highest BCUT2D eigenvalue weighted by molar-refractivity contribution is 5.77. The largest absolute Gasteiger partial charge is 0.419 e. The van der Waals surface area contributed by atoms with Gasteiger partial charge in [-0.2, -0.15) is 0 Å². The van der Waals surface area contributed by atoms with E-state index in [0.717, 1.165) is 38.0 Å². The van der Waals surface area contributed by atoms with Crippen LogP contribution in [0, 0.1) is 0 Å². The molecular formula is C19H25N3O4. The summed E-state index contributed by atoms with van der Waals surface area (Å²) in [6.45, 7) is 5.01. The minimum atomic E-state index is -0.329. The highest BCUT2D eigenvalue weighted by Gasteiger charge is 2.28. The Hall–Kier alpha value is -2.12. The van der Waals surface area contributed by atoms with Crippen LogP contribution < -0.4 is 5.76 Å². The lowest BCUT2D eigenvalue weighted by atomic mass is 10.1. The molecule has 26 heavy (non-hydrogen) atoms. The number of benzene rings is 1. The second-order valence-corrected chi connectivity index (χ2v) is 7.04. The monoisotopic (exact) mass is 359 g/mol. The molecule has 0 saturated carbocycles. The highest BCUT2D eigenvalue weighted by Crippen LogP contribution is 2.16. The Labute approximate surface area is 152 Å². The van der Waals surface area contributed by atoms with Crippen molar-refractivity contribution in [3.63, 3.8) is 0 Å². The molecule has 0 spiro atoms. The summed E-state index contributed by atoms with van der Waals surface area (Å²) in [4.78, 5) is 28.9. The number of para-hydroxylation sites is 2. The van der Waals surface area contributed by atoms with E-state index < -0.39 is 0 Å². The van der Waals surface area contributed by atoms with Crippen molar-refractivity contribution in [1.29, 1.82) is 0 Å². The maximum atomic E-state index is 12.5. The van der Waals surface area contributed by atoms with Crippen LogP contribution in [0.1, 0.15) is 19.3 Å². The van der Waals surface area contributed by atoms with E-state index in [-0.39, 0.29) is 17.7 Å². The molecule has 1 atom stereocenters. The van der Waals surface area contributed by atoms with Gasteiger partial charge in [-0.25, -0.2) is 4.79 Å². The van der Waals surface area contributed by atoms with E-state index >= 15 is 0 Å². The molecule has 2 aliphatic rings. The number of hydrogen-bond donors (Lipinski definition) is 0. The van der Waals surface area contributed by atoms with E-state index in [2.05, 4.69) is 4.90 Å². The summed E-state index contributed by atoms with van der Waals surface area (Å²) < 4.78 is 12.6. The number of morpholine rings is 1. The van der Waals surface area contributed by atoms with Crippen LogP contribution in [0.3, 0.4) is 0 Å². The first kappa shape index (κ1) is 17.3. The Morgan fingerprint density at radius 1 is 1.12 bits per heavy atom. The van der Waals surface area contributed by atoms with Crippen LogP contribution in [-0.4, -0.2) is 65.7 Å². The van der Waals surface area contributed by atoms with Gasteiger partial charge in [0.2, 0.25) is 5.91 Å². The number of likely N-dealkylation sites (tertiary alicyclic amines) is 1. The molecule has 3 heterocycles. The normalized spacial score (nSPS) is 21.5. The molecule has 7 nitrogen and oxygen atoms in total. The number of aromatic nitrogens is 1. The molecule has 1 aromatic carbocycles. The first-order valence-electron chi connectivity index (χ1n) is 9.40.